The fraction of sp³-hybridized carbons (Fsp3) is 0.789. The molecule has 0 aromatic carbocycles. The maximum absolute atomic E-state index is 11.7. The van der Waals surface area contributed by atoms with Gasteiger partial charge in [0.15, 0.2) is 5.82 Å². The highest BCUT2D eigenvalue weighted by Crippen LogP contribution is 2.09. The van der Waals surface area contributed by atoms with Gasteiger partial charge in [-0.15, -0.1) is 5.10 Å². The van der Waals surface area contributed by atoms with Crippen molar-refractivity contribution in [3.05, 3.63) is 18.0 Å². The Hall–Kier alpha value is -1.92. The number of allylic oxidation sites excluding steroid dienone is 2. The third-order valence-electron chi connectivity index (χ3n) is 4.71. The van der Waals surface area contributed by atoms with E-state index >= 15 is 0 Å². The first-order chi connectivity index (χ1) is 12.9. The lowest BCUT2D eigenvalue weighted by Crippen LogP contribution is -2.36. The van der Waals surface area contributed by atoms with Gasteiger partial charge in [-0.25, -0.2) is 9.48 Å². The first-order valence-electron chi connectivity index (χ1n) is 10.3. The second kappa shape index (κ2) is 13.3. The second-order valence-corrected chi connectivity index (χ2v) is 6.98. The van der Waals surface area contributed by atoms with Crippen LogP contribution in [0.5, 0.6) is 0 Å². The van der Waals surface area contributed by atoms with E-state index in [0.717, 1.165) is 63.9 Å². The van der Waals surface area contributed by atoms with E-state index in [1.807, 2.05) is 4.68 Å². The van der Waals surface area contributed by atoms with Gasteiger partial charge < -0.3 is 10.6 Å². The van der Waals surface area contributed by atoms with Crippen molar-refractivity contribution in [3.63, 3.8) is 0 Å². The molecule has 7 nitrogen and oxygen atoms in total. The number of carbonyl (C=O) groups excluding carboxylic acids is 1. The fourth-order valence-electron chi connectivity index (χ4n) is 3.13. The Morgan fingerprint density at radius 2 is 1.46 bits per heavy atom. The number of aryl methyl sites for hydroxylation is 2. The van der Waals surface area contributed by atoms with Gasteiger partial charge in [0.1, 0.15) is 0 Å². The largest absolute Gasteiger partial charge is 0.338 e. The summed E-state index contributed by atoms with van der Waals surface area (Å²) in [5, 5.41) is 17.9. The van der Waals surface area contributed by atoms with Crippen LogP contribution in [0.15, 0.2) is 12.2 Å². The van der Waals surface area contributed by atoms with Crippen molar-refractivity contribution in [2.75, 3.05) is 13.1 Å². The lowest BCUT2D eigenvalue weighted by molar-refractivity contribution is 0.240. The third-order valence-corrected chi connectivity index (χ3v) is 4.71. The summed E-state index contributed by atoms with van der Waals surface area (Å²) >= 11 is 0. The summed E-state index contributed by atoms with van der Waals surface area (Å²) in [6.45, 7) is 2.25. The molecule has 0 radical (unpaired) electrons. The normalized spacial score (nSPS) is 20.1. The first kappa shape index (κ1) is 20.4. The predicted octanol–water partition coefficient (Wildman–Crippen LogP) is 3.38. The number of tetrazole rings is 1. The summed E-state index contributed by atoms with van der Waals surface area (Å²) in [6, 6.07) is -0.0641. The second-order valence-electron chi connectivity index (χ2n) is 6.98. The molecule has 7 heteroatoms. The summed E-state index contributed by atoms with van der Waals surface area (Å²) in [7, 11) is 0. The Balaban J connectivity index is 1.74. The number of hydrogen-bond acceptors (Lipinski definition) is 4. The molecule has 0 unspecified atom stereocenters. The third kappa shape index (κ3) is 8.97. The van der Waals surface area contributed by atoms with Crippen LogP contribution in [0.3, 0.4) is 0 Å². The molecule has 26 heavy (non-hydrogen) atoms. The molecule has 2 N–H and O–H groups in total. The van der Waals surface area contributed by atoms with Crippen LogP contribution in [0.1, 0.15) is 76.5 Å². The average molecular weight is 363 g/mol. The number of aromatic nitrogens is 4. The highest BCUT2D eigenvalue weighted by Gasteiger charge is 2.06. The maximum atomic E-state index is 11.7. The Labute approximate surface area is 157 Å². The van der Waals surface area contributed by atoms with Crippen LogP contribution in [-0.2, 0) is 13.0 Å². The molecule has 1 aromatic rings. The molecule has 0 saturated carbocycles. The van der Waals surface area contributed by atoms with Gasteiger partial charge in [-0.05, 0) is 61.8 Å². The van der Waals surface area contributed by atoms with Crippen LogP contribution in [0.25, 0.3) is 0 Å². The first-order valence-corrected chi connectivity index (χ1v) is 10.3. The Morgan fingerprint density at radius 3 is 2.27 bits per heavy atom. The van der Waals surface area contributed by atoms with Gasteiger partial charge in [0, 0.05) is 26.1 Å². The van der Waals surface area contributed by atoms with Crippen LogP contribution in [0, 0.1) is 0 Å². The molecule has 2 heterocycles. The van der Waals surface area contributed by atoms with Gasteiger partial charge >= 0.3 is 6.03 Å². The van der Waals surface area contributed by atoms with Gasteiger partial charge in [-0.2, -0.15) is 0 Å². The van der Waals surface area contributed by atoms with Crippen LogP contribution >= 0.6 is 0 Å². The van der Waals surface area contributed by atoms with Crippen molar-refractivity contribution in [1.29, 1.82) is 0 Å². The highest BCUT2D eigenvalue weighted by atomic mass is 16.2. The molecule has 0 aliphatic carbocycles. The number of nitrogens with one attached hydrogen (secondary N) is 2. The van der Waals surface area contributed by atoms with Crippen molar-refractivity contribution in [1.82, 2.24) is 30.8 Å². The zero-order valence-corrected chi connectivity index (χ0v) is 16.0. The van der Waals surface area contributed by atoms with Crippen molar-refractivity contribution >= 4 is 6.03 Å². The fourth-order valence-corrected chi connectivity index (χ4v) is 3.13. The molecular weight excluding hydrogens is 328 g/mol. The number of hydrogen-bond donors (Lipinski definition) is 2. The molecule has 0 spiro atoms. The van der Waals surface area contributed by atoms with Crippen LogP contribution in [0.4, 0.5) is 4.79 Å². The molecule has 2 rings (SSSR count). The Bertz CT molecular complexity index is 528. The van der Waals surface area contributed by atoms with Gasteiger partial charge in [-0.3, -0.25) is 0 Å². The lowest BCUT2D eigenvalue weighted by Gasteiger charge is -2.08. The number of carbonyl (C=O) groups is 1. The minimum absolute atomic E-state index is 0.0641. The summed E-state index contributed by atoms with van der Waals surface area (Å²) in [6.07, 6.45) is 18.1. The molecule has 2 amide bonds. The molecule has 1 aliphatic rings. The van der Waals surface area contributed by atoms with Gasteiger partial charge in [0.05, 0.1) is 0 Å². The van der Waals surface area contributed by atoms with Gasteiger partial charge in [0.25, 0.3) is 0 Å². The van der Waals surface area contributed by atoms with Crippen molar-refractivity contribution in [2.24, 2.45) is 0 Å². The number of amides is 2. The molecular formula is C19H34N6O. The van der Waals surface area contributed by atoms with E-state index in [1.165, 1.54) is 32.1 Å². The van der Waals surface area contributed by atoms with Crippen molar-refractivity contribution < 1.29 is 4.79 Å². The average Bonchev–Trinajstić information content (AvgIpc) is 3.08. The minimum atomic E-state index is -0.0641. The van der Waals surface area contributed by atoms with E-state index in [0.29, 0.717) is 6.54 Å². The Kier molecular flexibility index (Phi) is 10.4. The quantitative estimate of drug-likeness (QED) is 0.693. The minimum Gasteiger partial charge on any atom is -0.338 e. The van der Waals surface area contributed by atoms with E-state index in [2.05, 4.69) is 38.3 Å². The molecule has 1 aliphatic heterocycles. The van der Waals surface area contributed by atoms with Gasteiger partial charge in [0.2, 0.25) is 0 Å². The number of fused-ring (bicyclic) bond motifs is 1. The molecule has 0 saturated heterocycles. The zero-order valence-electron chi connectivity index (χ0n) is 16.0. The zero-order chi connectivity index (χ0) is 18.3. The summed E-state index contributed by atoms with van der Waals surface area (Å²) in [5.41, 5.74) is 0. The van der Waals surface area contributed by atoms with E-state index in [-0.39, 0.29) is 6.03 Å². The standard InChI is InChI=1S/C19H34N6O/c26-19-20-15-11-9-7-5-3-1-2-4-6-8-10-14-18-22-23-24-25(18)17-13-12-16-21-19/h3,5H,1-2,4,6-17H2,(H2,20,21,26). The van der Waals surface area contributed by atoms with Crippen LogP contribution in [-0.4, -0.2) is 39.3 Å². The monoisotopic (exact) mass is 362 g/mol. The number of rotatable bonds is 0. The van der Waals surface area contributed by atoms with E-state index in [9.17, 15) is 4.79 Å². The summed E-state index contributed by atoms with van der Waals surface area (Å²) < 4.78 is 1.91. The highest BCUT2D eigenvalue weighted by molar-refractivity contribution is 5.73. The maximum Gasteiger partial charge on any atom is 0.314 e. The smallest absolute Gasteiger partial charge is 0.314 e. The van der Waals surface area contributed by atoms with E-state index in [1.54, 1.807) is 0 Å². The Morgan fingerprint density at radius 1 is 0.808 bits per heavy atom. The van der Waals surface area contributed by atoms with Crippen LogP contribution < -0.4 is 10.6 Å². The molecule has 1 aromatic heterocycles. The molecule has 0 atom stereocenters. The van der Waals surface area contributed by atoms with Crippen molar-refractivity contribution in [3.8, 4) is 0 Å². The SMILES string of the molecule is O=C1NCCCCC=CCCCCCCCc2nnnn2CCCCN1. The topological polar surface area (TPSA) is 84.7 Å². The van der Waals surface area contributed by atoms with Gasteiger partial charge in [-0.1, -0.05) is 31.4 Å². The molecule has 0 fully saturated rings. The van der Waals surface area contributed by atoms with Crippen LogP contribution in [0.2, 0.25) is 0 Å². The van der Waals surface area contributed by atoms with E-state index in [4.69, 9.17) is 0 Å². The lowest BCUT2D eigenvalue weighted by atomic mass is 10.1. The number of urea groups is 1. The number of nitrogens with zero attached hydrogens (tertiary/aromatic N) is 4. The predicted molar refractivity (Wildman–Crippen MR) is 103 cm³/mol. The summed E-state index contributed by atoms with van der Waals surface area (Å²) in [4.78, 5) is 11.7. The van der Waals surface area contributed by atoms with Crippen molar-refractivity contribution in [2.45, 2.75) is 83.6 Å². The molecule has 146 valence electrons. The molecule has 0 bridgehead atoms. The van der Waals surface area contributed by atoms with E-state index < -0.39 is 0 Å². The summed E-state index contributed by atoms with van der Waals surface area (Å²) in [5.74, 6) is 0.987.